The van der Waals surface area contributed by atoms with Crippen molar-refractivity contribution in [3.8, 4) is 11.5 Å². The number of carbonyl (C=O) groups is 1. The number of hydrogen-bond donors (Lipinski definition) is 0. The molecule has 1 aromatic carbocycles. The molecule has 0 saturated carbocycles. The number of carbonyl (C=O) groups excluding carboxylic acids is 1. The van der Waals surface area contributed by atoms with Gasteiger partial charge in [-0.05, 0) is 17.7 Å². The standard InChI is InChI=1S/C18H24N2O5/c1-22-5-4-20-14-10-19(11-17(14)25-12-18(20)21)9-13-2-3-15-16(8-13)24-7-6-23-15/h2-3,8,14,17H,4-7,9-12H2,1H3/t14-,17-/m0/s1. The van der Waals surface area contributed by atoms with Crippen molar-refractivity contribution in [1.29, 1.82) is 0 Å². The van der Waals surface area contributed by atoms with E-state index in [2.05, 4.69) is 11.0 Å². The van der Waals surface area contributed by atoms with Crippen LogP contribution in [0, 0.1) is 0 Å². The Kier molecular flexibility index (Phi) is 4.78. The first-order valence-corrected chi connectivity index (χ1v) is 8.75. The lowest BCUT2D eigenvalue weighted by molar-refractivity contribution is -0.153. The summed E-state index contributed by atoms with van der Waals surface area (Å²) in [4.78, 5) is 16.4. The van der Waals surface area contributed by atoms with Crippen LogP contribution >= 0.6 is 0 Å². The number of nitrogens with zero attached hydrogens (tertiary/aromatic N) is 2. The molecule has 2 saturated heterocycles. The summed E-state index contributed by atoms with van der Waals surface area (Å²) in [6.07, 6.45) is 0.0757. The minimum absolute atomic E-state index is 0.0551. The monoisotopic (exact) mass is 348 g/mol. The fourth-order valence-corrected chi connectivity index (χ4v) is 3.80. The number of rotatable bonds is 5. The second kappa shape index (κ2) is 7.19. The van der Waals surface area contributed by atoms with Gasteiger partial charge in [0.1, 0.15) is 19.8 Å². The van der Waals surface area contributed by atoms with Gasteiger partial charge in [0.25, 0.3) is 0 Å². The van der Waals surface area contributed by atoms with E-state index in [1.54, 1.807) is 7.11 Å². The smallest absolute Gasteiger partial charge is 0.249 e. The van der Waals surface area contributed by atoms with E-state index in [4.69, 9.17) is 18.9 Å². The first-order chi connectivity index (χ1) is 12.2. The van der Waals surface area contributed by atoms with Crippen molar-refractivity contribution in [2.24, 2.45) is 0 Å². The van der Waals surface area contributed by atoms with E-state index in [-0.39, 0.29) is 24.7 Å². The molecule has 0 bridgehead atoms. The van der Waals surface area contributed by atoms with Crippen LogP contribution in [0.3, 0.4) is 0 Å². The first kappa shape index (κ1) is 16.6. The summed E-state index contributed by atoms with van der Waals surface area (Å²) in [6, 6.07) is 6.20. The molecule has 1 aromatic rings. The van der Waals surface area contributed by atoms with E-state index >= 15 is 0 Å². The van der Waals surface area contributed by atoms with Gasteiger partial charge in [0.05, 0.1) is 18.8 Å². The van der Waals surface area contributed by atoms with Crippen LogP contribution in [-0.4, -0.2) is 81.0 Å². The molecule has 4 rings (SSSR count). The largest absolute Gasteiger partial charge is 0.486 e. The minimum atomic E-state index is 0.0551. The summed E-state index contributed by atoms with van der Waals surface area (Å²) in [5, 5.41) is 0. The number of amides is 1. The van der Waals surface area contributed by atoms with Gasteiger partial charge in [-0.25, -0.2) is 0 Å². The number of likely N-dealkylation sites (tertiary alicyclic amines) is 1. The summed E-state index contributed by atoms with van der Waals surface area (Å²) >= 11 is 0. The molecule has 0 aliphatic carbocycles. The van der Waals surface area contributed by atoms with Crippen molar-refractivity contribution in [2.75, 3.05) is 53.2 Å². The maximum atomic E-state index is 12.2. The molecule has 3 aliphatic rings. The predicted octanol–water partition coefficient (Wildman–Crippen LogP) is 0.516. The SMILES string of the molecule is COCCN1C(=O)CO[C@H]2CN(Cc3ccc4c(c3)OCCO4)C[C@@H]21. The molecule has 7 nitrogen and oxygen atoms in total. The molecule has 0 aromatic heterocycles. The van der Waals surface area contributed by atoms with Crippen molar-refractivity contribution < 1.29 is 23.7 Å². The summed E-state index contributed by atoms with van der Waals surface area (Å²) in [6.45, 7) is 4.99. The van der Waals surface area contributed by atoms with E-state index in [9.17, 15) is 4.79 Å². The zero-order valence-corrected chi connectivity index (χ0v) is 14.5. The topological polar surface area (TPSA) is 60.5 Å². The van der Waals surface area contributed by atoms with Gasteiger partial charge in [-0.1, -0.05) is 6.07 Å². The van der Waals surface area contributed by atoms with Crippen LogP contribution in [0.25, 0.3) is 0 Å². The van der Waals surface area contributed by atoms with E-state index in [1.165, 1.54) is 5.56 Å². The fraction of sp³-hybridized carbons (Fsp3) is 0.611. The van der Waals surface area contributed by atoms with Gasteiger partial charge in [0, 0.05) is 33.3 Å². The third kappa shape index (κ3) is 3.44. The van der Waals surface area contributed by atoms with Crippen LogP contribution in [-0.2, 0) is 20.8 Å². The third-order valence-electron chi connectivity index (χ3n) is 5.00. The zero-order valence-electron chi connectivity index (χ0n) is 14.5. The Labute approximate surface area is 147 Å². The normalized spacial score (nSPS) is 26.0. The Balaban J connectivity index is 1.42. The van der Waals surface area contributed by atoms with Crippen molar-refractivity contribution in [1.82, 2.24) is 9.80 Å². The molecule has 0 unspecified atom stereocenters. The molecule has 0 N–H and O–H groups in total. The van der Waals surface area contributed by atoms with E-state index in [0.29, 0.717) is 26.4 Å². The molecule has 3 heterocycles. The van der Waals surface area contributed by atoms with Crippen LogP contribution in [0.15, 0.2) is 18.2 Å². The molecule has 2 fully saturated rings. The summed E-state index contributed by atoms with van der Waals surface area (Å²) in [7, 11) is 1.66. The molecular weight excluding hydrogens is 324 g/mol. The van der Waals surface area contributed by atoms with Gasteiger partial charge in [0.2, 0.25) is 5.91 Å². The van der Waals surface area contributed by atoms with Gasteiger partial charge in [0.15, 0.2) is 11.5 Å². The van der Waals surface area contributed by atoms with Gasteiger partial charge in [-0.15, -0.1) is 0 Å². The van der Waals surface area contributed by atoms with Gasteiger partial charge >= 0.3 is 0 Å². The zero-order chi connectivity index (χ0) is 17.2. The highest BCUT2D eigenvalue weighted by molar-refractivity contribution is 5.78. The molecule has 136 valence electrons. The number of methoxy groups -OCH3 is 1. The third-order valence-corrected chi connectivity index (χ3v) is 5.00. The Hall–Kier alpha value is -1.83. The van der Waals surface area contributed by atoms with E-state index in [1.807, 2.05) is 17.0 Å². The Morgan fingerprint density at radius 3 is 2.88 bits per heavy atom. The van der Waals surface area contributed by atoms with Gasteiger partial charge in [-0.2, -0.15) is 0 Å². The van der Waals surface area contributed by atoms with Crippen molar-refractivity contribution in [3.05, 3.63) is 23.8 Å². The molecule has 0 spiro atoms. The predicted molar refractivity (Wildman–Crippen MR) is 89.8 cm³/mol. The molecule has 0 radical (unpaired) electrons. The number of hydrogen-bond acceptors (Lipinski definition) is 6. The van der Waals surface area contributed by atoms with Crippen LogP contribution in [0.1, 0.15) is 5.56 Å². The van der Waals surface area contributed by atoms with Crippen molar-refractivity contribution in [2.45, 2.75) is 18.7 Å². The minimum Gasteiger partial charge on any atom is -0.486 e. The number of ether oxygens (including phenoxy) is 4. The number of benzene rings is 1. The van der Waals surface area contributed by atoms with E-state index < -0.39 is 0 Å². The highest BCUT2D eigenvalue weighted by atomic mass is 16.6. The van der Waals surface area contributed by atoms with E-state index in [0.717, 1.165) is 31.1 Å². The highest BCUT2D eigenvalue weighted by Gasteiger charge is 2.42. The van der Waals surface area contributed by atoms with Crippen LogP contribution in [0.5, 0.6) is 11.5 Å². The molecule has 25 heavy (non-hydrogen) atoms. The lowest BCUT2D eigenvalue weighted by Crippen LogP contribution is -2.54. The lowest BCUT2D eigenvalue weighted by atomic mass is 10.1. The maximum absolute atomic E-state index is 12.2. The van der Waals surface area contributed by atoms with Crippen LogP contribution in [0.2, 0.25) is 0 Å². The number of morpholine rings is 1. The van der Waals surface area contributed by atoms with Gasteiger partial charge < -0.3 is 23.8 Å². The van der Waals surface area contributed by atoms with Crippen LogP contribution < -0.4 is 9.47 Å². The Morgan fingerprint density at radius 1 is 1.20 bits per heavy atom. The molecule has 2 atom stereocenters. The molecule has 1 amide bonds. The maximum Gasteiger partial charge on any atom is 0.249 e. The first-order valence-electron chi connectivity index (χ1n) is 8.75. The number of fused-ring (bicyclic) bond motifs is 2. The molecular formula is C18H24N2O5. The second-order valence-corrected chi connectivity index (χ2v) is 6.67. The van der Waals surface area contributed by atoms with Crippen molar-refractivity contribution in [3.63, 3.8) is 0 Å². The summed E-state index contributed by atoms with van der Waals surface area (Å²) in [5.74, 6) is 1.68. The van der Waals surface area contributed by atoms with Crippen molar-refractivity contribution >= 4 is 5.91 Å². The quantitative estimate of drug-likeness (QED) is 0.773. The summed E-state index contributed by atoms with van der Waals surface area (Å²) in [5.41, 5.74) is 1.18. The summed E-state index contributed by atoms with van der Waals surface area (Å²) < 4.78 is 22.1. The molecule has 3 aliphatic heterocycles. The highest BCUT2D eigenvalue weighted by Crippen LogP contribution is 2.32. The fourth-order valence-electron chi connectivity index (χ4n) is 3.80. The lowest BCUT2D eigenvalue weighted by Gasteiger charge is -2.36. The molecule has 7 heteroatoms. The average molecular weight is 348 g/mol. The second-order valence-electron chi connectivity index (χ2n) is 6.67. The van der Waals surface area contributed by atoms with Crippen LogP contribution in [0.4, 0.5) is 0 Å². The Morgan fingerprint density at radius 2 is 2.04 bits per heavy atom. The average Bonchev–Trinajstić information content (AvgIpc) is 3.03. The Bertz CT molecular complexity index is 638. The van der Waals surface area contributed by atoms with Gasteiger partial charge in [-0.3, -0.25) is 9.69 Å².